The van der Waals surface area contributed by atoms with Gasteiger partial charge in [-0.2, -0.15) is 0 Å². The first kappa shape index (κ1) is 17.4. The number of ether oxygens (including phenoxy) is 1. The van der Waals surface area contributed by atoms with Crippen molar-refractivity contribution < 1.29 is 18.7 Å². The van der Waals surface area contributed by atoms with Gasteiger partial charge in [0.25, 0.3) is 0 Å². The first-order valence-corrected chi connectivity index (χ1v) is 7.99. The van der Waals surface area contributed by atoms with E-state index in [4.69, 9.17) is 16.3 Å². The minimum absolute atomic E-state index is 0.0138. The largest absolute Gasteiger partial charge is 0.496 e. The molecule has 0 aromatic heterocycles. The molecule has 1 N–H and O–H groups in total. The number of anilines is 1. The predicted octanol–water partition coefficient (Wildman–Crippen LogP) is 4.05. The van der Waals surface area contributed by atoms with Gasteiger partial charge in [0.2, 0.25) is 5.91 Å². The molecule has 0 atom stereocenters. The molecule has 0 aliphatic carbocycles. The second-order valence-electron chi connectivity index (χ2n) is 4.55. The molecule has 7 heteroatoms. The highest BCUT2D eigenvalue weighted by molar-refractivity contribution is 9.09. The number of ketones is 1. The Bertz CT molecular complexity index is 767. The summed E-state index contributed by atoms with van der Waals surface area (Å²) >= 11 is 8.94. The van der Waals surface area contributed by atoms with Gasteiger partial charge in [0, 0.05) is 10.6 Å². The van der Waals surface area contributed by atoms with Gasteiger partial charge in [-0.15, -0.1) is 0 Å². The van der Waals surface area contributed by atoms with E-state index < -0.39 is 11.6 Å². The molecule has 0 bridgehead atoms. The normalized spacial score (nSPS) is 10.3. The Kier molecular flexibility index (Phi) is 5.74. The summed E-state index contributed by atoms with van der Waals surface area (Å²) in [6.07, 6.45) is 0. The molecule has 0 spiro atoms. The van der Waals surface area contributed by atoms with Crippen LogP contribution in [0.15, 0.2) is 36.4 Å². The molecule has 0 unspecified atom stereocenters. The third-order valence-corrected chi connectivity index (χ3v) is 3.77. The Morgan fingerprint density at radius 2 is 1.96 bits per heavy atom. The molecule has 0 aliphatic rings. The van der Waals surface area contributed by atoms with E-state index in [1.54, 1.807) is 12.1 Å². The first-order chi connectivity index (χ1) is 11.0. The fourth-order valence-corrected chi connectivity index (χ4v) is 2.31. The molecule has 2 rings (SSSR count). The number of alkyl halides is 1. The van der Waals surface area contributed by atoms with Gasteiger partial charge in [0.05, 0.1) is 23.7 Å². The zero-order valence-corrected chi connectivity index (χ0v) is 14.4. The van der Waals surface area contributed by atoms with Crippen molar-refractivity contribution in [3.8, 4) is 5.75 Å². The smallest absolute Gasteiger partial charge is 0.235 e. The Balaban J connectivity index is 2.52. The number of halogens is 3. The summed E-state index contributed by atoms with van der Waals surface area (Å²) in [6, 6.07) is 8.12. The van der Waals surface area contributed by atoms with Gasteiger partial charge < -0.3 is 10.1 Å². The molecule has 2 aromatic carbocycles. The van der Waals surface area contributed by atoms with Crippen LogP contribution in [0.4, 0.5) is 10.1 Å². The average molecular weight is 401 g/mol. The number of nitrogens with one attached hydrogen (secondary N) is 1. The molecule has 0 radical (unpaired) electrons. The molecule has 2 aromatic rings. The van der Waals surface area contributed by atoms with Crippen molar-refractivity contribution in [3.63, 3.8) is 0 Å². The number of carbonyl (C=O) groups excluding carboxylic acids is 2. The fraction of sp³-hybridized carbons (Fsp3) is 0.125. The summed E-state index contributed by atoms with van der Waals surface area (Å²) in [5.41, 5.74) is 0.405. The van der Waals surface area contributed by atoms with Crippen molar-refractivity contribution in [3.05, 3.63) is 58.4 Å². The van der Waals surface area contributed by atoms with Crippen LogP contribution in [0, 0.1) is 5.82 Å². The zero-order valence-electron chi connectivity index (χ0n) is 12.0. The second-order valence-corrected chi connectivity index (χ2v) is 5.54. The maximum atomic E-state index is 13.6. The highest BCUT2D eigenvalue weighted by Crippen LogP contribution is 2.28. The monoisotopic (exact) mass is 399 g/mol. The van der Waals surface area contributed by atoms with Gasteiger partial charge >= 0.3 is 0 Å². The number of rotatable bonds is 5. The number of amides is 1. The van der Waals surface area contributed by atoms with E-state index >= 15 is 0 Å². The van der Waals surface area contributed by atoms with Crippen LogP contribution in [-0.2, 0) is 4.79 Å². The van der Waals surface area contributed by atoms with Crippen LogP contribution in [-0.4, -0.2) is 24.1 Å². The lowest BCUT2D eigenvalue weighted by Gasteiger charge is -2.12. The molecule has 120 valence electrons. The van der Waals surface area contributed by atoms with Gasteiger partial charge in [0.1, 0.15) is 11.6 Å². The third kappa shape index (κ3) is 4.09. The lowest BCUT2D eigenvalue weighted by molar-refractivity contribution is -0.113. The fourth-order valence-electron chi connectivity index (χ4n) is 2.00. The Morgan fingerprint density at radius 1 is 1.22 bits per heavy atom. The second kappa shape index (κ2) is 7.57. The van der Waals surface area contributed by atoms with Crippen molar-refractivity contribution in [2.45, 2.75) is 0 Å². The summed E-state index contributed by atoms with van der Waals surface area (Å²) < 4.78 is 18.7. The van der Waals surface area contributed by atoms with E-state index in [0.29, 0.717) is 10.8 Å². The summed E-state index contributed by atoms with van der Waals surface area (Å²) in [5, 5.41) is 2.94. The maximum Gasteiger partial charge on any atom is 0.235 e. The van der Waals surface area contributed by atoms with E-state index in [1.165, 1.54) is 19.2 Å². The van der Waals surface area contributed by atoms with Gasteiger partial charge in [-0.05, 0) is 36.4 Å². The number of methoxy groups -OCH3 is 1. The minimum atomic E-state index is -0.591. The molecular formula is C16H12BrClFNO3. The quantitative estimate of drug-likeness (QED) is 0.608. The molecule has 0 saturated heterocycles. The molecule has 23 heavy (non-hydrogen) atoms. The summed E-state index contributed by atoms with van der Waals surface area (Å²) in [6.45, 7) is 0. The molecular weight excluding hydrogens is 389 g/mol. The standard InChI is InChI=1S/C16H12BrClFNO3/c1-23-14-5-2-9(18)6-12(14)16(22)11-7-10(19)3-4-13(11)20-15(21)8-17/h2-7H,8H2,1H3,(H,20,21). The minimum Gasteiger partial charge on any atom is -0.496 e. The number of hydrogen-bond donors (Lipinski definition) is 1. The van der Waals surface area contributed by atoms with Crippen LogP contribution >= 0.6 is 27.5 Å². The molecule has 0 saturated carbocycles. The van der Waals surface area contributed by atoms with Crippen LogP contribution < -0.4 is 10.1 Å². The lowest BCUT2D eigenvalue weighted by atomic mass is 10.0. The van der Waals surface area contributed by atoms with Crippen molar-refractivity contribution in [1.82, 2.24) is 0 Å². The highest BCUT2D eigenvalue weighted by Gasteiger charge is 2.20. The average Bonchev–Trinajstić information content (AvgIpc) is 2.55. The maximum absolute atomic E-state index is 13.6. The van der Waals surface area contributed by atoms with Gasteiger partial charge in [-0.25, -0.2) is 4.39 Å². The number of hydrogen-bond acceptors (Lipinski definition) is 3. The van der Waals surface area contributed by atoms with Crippen LogP contribution in [0.1, 0.15) is 15.9 Å². The van der Waals surface area contributed by atoms with Gasteiger partial charge in [-0.3, -0.25) is 9.59 Å². The van der Waals surface area contributed by atoms with E-state index in [9.17, 15) is 14.0 Å². The predicted molar refractivity (Wildman–Crippen MR) is 90.3 cm³/mol. The highest BCUT2D eigenvalue weighted by atomic mass is 79.9. The molecule has 4 nitrogen and oxygen atoms in total. The van der Waals surface area contributed by atoms with Crippen molar-refractivity contribution in [2.75, 3.05) is 17.8 Å². The number of benzene rings is 2. The molecule has 0 fully saturated rings. The number of carbonyl (C=O) groups is 2. The third-order valence-electron chi connectivity index (χ3n) is 3.03. The topological polar surface area (TPSA) is 55.4 Å². The van der Waals surface area contributed by atoms with E-state index in [-0.39, 0.29) is 28.1 Å². The van der Waals surface area contributed by atoms with Crippen LogP contribution in [0.25, 0.3) is 0 Å². The summed E-state index contributed by atoms with van der Waals surface area (Å²) in [7, 11) is 1.42. The zero-order chi connectivity index (χ0) is 17.0. The molecule has 0 aliphatic heterocycles. The van der Waals surface area contributed by atoms with E-state index in [1.807, 2.05) is 0 Å². The van der Waals surface area contributed by atoms with E-state index in [0.717, 1.165) is 12.1 Å². The van der Waals surface area contributed by atoms with Gasteiger partial charge in [-0.1, -0.05) is 27.5 Å². The molecule has 0 heterocycles. The summed E-state index contributed by atoms with van der Waals surface area (Å²) in [5.74, 6) is -1.15. The van der Waals surface area contributed by atoms with Crippen molar-refractivity contribution >= 4 is 44.9 Å². The van der Waals surface area contributed by atoms with Crippen molar-refractivity contribution in [1.29, 1.82) is 0 Å². The van der Waals surface area contributed by atoms with Gasteiger partial charge in [0.15, 0.2) is 5.78 Å². The van der Waals surface area contributed by atoms with Crippen LogP contribution in [0.2, 0.25) is 5.02 Å². The first-order valence-electron chi connectivity index (χ1n) is 6.50. The Morgan fingerprint density at radius 3 is 2.61 bits per heavy atom. The Labute approximate surface area is 145 Å². The van der Waals surface area contributed by atoms with Crippen LogP contribution in [0.5, 0.6) is 5.75 Å². The van der Waals surface area contributed by atoms with E-state index in [2.05, 4.69) is 21.2 Å². The van der Waals surface area contributed by atoms with Crippen molar-refractivity contribution in [2.24, 2.45) is 0 Å². The SMILES string of the molecule is COc1ccc(Cl)cc1C(=O)c1cc(F)ccc1NC(=O)CBr. The Hall–Kier alpha value is -1.92. The lowest BCUT2D eigenvalue weighted by Crippen LogP contribution is -2.16. The summed E-state index contributed by atoms with van der Waals surface area (Å²) in [4.78, 5) is 24.3. The molecule has 1 amide bonds. The van der Waals surface area contributed by atoms with Crippen LogP contribution in [0.3, 0.4) is 0 Å².